The molecule has 26 heavy (non-hydrogen) atoms. The van der Waals surface area contributed by atoms with Crippen LogP contribution in [0.4, 0.5) is 0 Å². The van der Waals surface area contributed by atoms with Gasteiger partial charge in [0, 0.05) is 11.6 Å². The minimum Gasteiger partial charge on any atom is -0.351 e. The number of amides is 1. The first-order chi connectivity index (χ1) is 12.4. The second kappa shape index (κ2) is 7.55. The van der Waals surface area contributed by atoms with Crippen molar-refractivity contribution < 1.29 is 4.79 Å². The summed E-state index contributed by atoms with van der Waals surface area (Å²) in [7, 11) is 0. The van der Waals surface area contributed by atoms with Crippen molar-refractivity contribution in [2.45, 2.75) is 27.7 Å². The van der Waals surface area contributed by atoms with Crippen LogP contribution >= 0.6 is 22.9 Å². The van der Waals surface area contributed by atoms with E-state index in [4.69, 9.17) is 11.6 Å². The second-order valence-electron chi connectivity index (χ2n) is 6.45. The van der Waals surface area contributed by atoms with E-state index in [2.05, 4.69) is 34.5 Å². The van der Waals surface area contributed by atoms with Crippen molar-refractivity contribution in [3.8, 4) is 16.4 Å². The first-order valence-corrected chi connectivity index (χ1v) is 9.50. The molecular weight excluding hydrogens is 370 g/mol. The lowest BCUT2D eigenvalue weighted by Crippen LogP contribution is -2.27. The summed E-state index contributed by atoms with van der Waals surface area (Å²) in [5.41, 5.74) is 3.04. The van der Waals surface area contributed by atoms with Gasteiger partial charge < -0.3 is 5.32 Å². The SMILES string of the molecule is Cc1nc(-c2nnn(-c3cccc(Cl)c3)c2C)sc1C(=O)NCC(C)C. The van der Waals surface area contributed by atoms with E-state index in [1.807, 2.05) is 38.1 Å². The Kier molecular flexibility index (Phi) is 5.38. The Bertz CT molecular complexity index is 947. The van der Waals surface area contributed by atoms with E-state index in [0.29, 0.717) is 38.8 Å². The van der Waals surface area contributed by atoms with E-state index in [-0.39, 0.29) is 5.91 Å². The van der Waals surface area contributed by atoms with Gasteiger partial charge in [-0.25, -0.2) is 9.67 Å². The van der Waals surface area contributed by atoms with Gasteiger partial charge in [0.1, 0.15) is 15.6 Å². The third-order valence-electron chi connectivity index (χ3n) is 3.82. The number of aromatic nitrogens is 4. The van der Waals surface area contributed by atoms with Crippen molar-refractivity contribution in [3.63, 3.8) is 0 Å². The van der Waals surface area contributed by atoms with Crippen LogP contribution < -0.4 is 5.32 Å². The molecule has 0 saturated carbocycles. The Balaban J connectivity index is 1.91. The highest BCUT2D eigenvalue weighted by atomic mass is 35.5. The van der Waals surface area contributed by atoms with Gasteiger partial charge in [-0.2, -0.15) is 0 Å². The van der Waals surface area contributed by atoms with Crippen molar-refractivity contribution >= 4 is 28.8 Å². The predicted octanol–water partition coefficient (Wildman–Crippen LogP) is 4.05. The van der Waals surface area contributed by atoms with E-state index in [1.54, 1.807) is 4.68 Å². The standard InChI is InChI=1S/C18H20ClN5OS/c1-10(2)9-20-17(25)16-11(3)21-18(26-16)15-12(4)24(23-22-15)14-7-5-6-13(19)8-14/h5-8,10H,9H2,1-4H3,(H,20,25). The molecule has 2 heterocycles. The number of carbonyl (C=O) groups excluding carboxylic acids is 1. The van der Waals surface area contributed by atoms with E-state index in [9.17, 15) is 4.79 Å². The number of hydrogen-bond donors (Lipinski definition) is 1. The normalized spacial score (nSPS) is 11.2. The van der Waals surface area contributed by atoms with E-state index >= 15 is 0 Å². The van der Waals surface area contributed by atoms with Crippen LogP contribution in [-0.2, 0) is 0 Å². The third-order valence-corrected chi connectivity index (χ3v) is 5.22. The lowest BCUT2D eigenvalue weighted by molar-refractivity contribution is 0.0952. The minimum absolute atomic E-state index is 0.0974. The maximum absolute atomic E-state index is 12.4. The number of aryl methyl sites for hydroxylation is 1. The molecule has 0 bridgehead atoms. The zero-order chi connectivity index (χ0) is 18.8. The molecule has 1 N–H and O–H groups in total. The van der Waals surface area contributed by atoms with Gasteiger partial charge in [0.05, 0.1) is 17.1 Å². The zero-order valence-corrected chi connectivity index (χ0v) is 16.6. The highest BCUT2D eigenvalue weighted by Gasteiger charge is 2.20. The van der Waals surface area contributed by atoms with Crippen LogP contribution in [0.1, 0.15) is 34.9 Å². The van der Waals surface area contributed by atoms with Gasteiger partial charge in [0.2, 0.25) is 0 Å². The quantitative estimate of drug-likeness (QED) is 0.714. The van der Waals surface area contributed by atoms with Crippen molar-refractivity contribution in [1.82, 2.24) is 25.3 Å². The molecule has 0 aliphatic carbocycles. The number of nitrogens with one attached hydrogen (secondary N) is 1. The van der Waals surface area contributed by atoms with Gasteiger partial charge in [-0.1, -0.05) is 36.7 Å². The molecule has 3 rings (SSSR count). The molecule has 8 heteroatoms. The van der Waals surface area contributed by atoms with Crippen LogP contribution in [0.5, 0.6) is 0 Å². The van der Waals surface area contributed by atoms with Crippen LogP contribution in [0.25, 0.3) is 16.4 Å². The number of halogens is 1. The molecule has 0 unspecified atom stereocenters. The minimum atomic E-state index is -0.0974. The number of benzene rings is 1. The number of thiazole rings is 1. The van der Waals surface area contributed by atoms with Gasteiger partial charge in [0.15, 0.2) is 0 Å². The lowest BCUT2D eigenvalue weighted by atomic mass is 10.2. The maximum Gasteiger partial charge on any atom is 0.263 e. The molecule has 3 aromatic rings. The molecular formula is C18H20ClN5OS. The summed E-state index contributed by atoms with van der Waals surface area (Å²) in [5, 5.41) is 12.7. The first-order valence-electron chi connectivity index (χ1n) is 8.31. The van der Waals surface area contributed by atoms with Crippen LogP contribution in [0, 0.1) is 19.8 Å². The second-order valence-corrected chi connectivity index (χ2v) is 7.89. The zero-order valence-electron chi connectivity index (χ0n) is 15.1. The van der Waals surface area contributed by atoms with Crippen LogP contribution in [-0.4, -0.2) is 32.4 Å². The summed E-state index contributed by atoms with van der Waals surface area (Å²) in [6.07, 6.45) is 0. The molecule has 1 amide bonds. The molecule has 2 aromatic heterocycles. The van der Waals surface area contributed by atoms with Crippen molar-refractivity contribution in [2.75, 3.05) is 6.54 Å². The molecule has 136 valence electrons. The van der Waals surface area contributed by atoms with Gasteiger partial charge in [-0.05, 0) is 38.0 Å². The predicted molar refractivity (Wildman–Crippen MR) is 104 cm³/mol. The smallest absolute Gasteiger partial charge is 0.263 e. The third kappa shape index (κ3) is 3.78. The van der Waals surface area contributed by atoms with Gasteiger partial charge in [0.25, 0.3) is 5.91 Å². The fraction of sp³-hybridized carbons (Fsp3) is 0.333. The first kappa shape index (κ1) is 18.5. The summed E-state index contributed by atoms with van der Waals surface area (Å²) in [5.74, 6) is 0.298. The largest absolute Gasteiger partial charge is 0.351 e. The van der Waals surface area contributed by atoms with E-state index in [0.717, 1.165) is 11.4 Å². The van der Waals surface area contributed by atoms with Gasteiger partial charge in [-0.3, -0.25) is 4.79 Å². The Hall–Kier alpha value is -2.25. The number of rotatable bonds is 5. The fourth-order valence-electron chi connectivity index (χ4n) is 2.47. The summed E-state index contributed by atoms with van der Waals surface area (Å²) in [6, 6.07) is 7.41. The van der Waals surface area contributed by atoms with Crippen molar-refractivity contribution in [1.29, 1.82) is 0 Å². The summed E-state index contributed by atoms with van der Waals surface area (Å²) in [4.78, 5) is 17.5. The highest BCUT2D eigenvalue weighted by molar-refractivity contribution is 7.17. The molecule has 0 spiro atoms. The summed E-state index contributed by atoms with van der Waals surface area (Å²) < 4.78 is 1.72. The topological polar surface area (TPSA) is 72.7 Å². The Morgan fingerprint density at radius 2 is 2.12 bits per heavy atom. The molecule has 0 radical (unpaired) electrons. The maximum atomic E-state index is 12.4. The van der Waals surface area contributed by atoms with Crippen molar-refractivity contribution in [3.05, 3.63) is 45.6 Å². The van der Waals surface area contributed by atoms with Gasteiger partial charge >= 0.3 is 0 Å². The average molecular weight is 390 g/mol. The van der Waals surface area contributed by atoms with Crippen molar-refractivity contribution in [2.24, 2.45) is 5.92 Å². The average Bonchev–Trinajstić information content (AvgIpc) is 3.15. The number of carbonyl (C=O) groups is 1. The molecule has 1 aromatic carbocycles. The number of hydrogen-bond acceptors (Lipinski definition) is 5. The number of nitrogens with zero attached hydrogens (tertiary/aromatic N) is 4. The van der Waals surface area contributed by atoms with Crippen LogP contribution in [0.2, 0.25) is 5.02 Å². The molecule has 0 fully saturated rings. The Labute approximate surface area is 161 Å². The van der Waals surface area contributed by atoms with Gasteiger partial charge in [-0.15, -0.1) is 16.4 Å². The van der Waals surface area contributed by atoms with E-state index < -0.39 is 0 Å². The highest BCUT2D eigenvalue weighted by Crippen LogP contribution is 2.29. The molecule has 0 saturated heterocycles. The fourth-order valence-corrected chi connectivity index (χ4v) is 3.67. The Morgan fingerprint density at radius 3 is 2.81 bits per heavy atom. The summed E-state index contributed by atoms with van der Waals surface area (Å²) >= 11 is 7.40. The van der Waals surface area contributed by atoms with Crippen LogP contribution in [0.3, 0.4) is 0 Å². The summed E-state index contributed by atoms with van der Waals surface area (Å²) in [6.45, 7) is 8.51. The molecule has 0 aliphatic heterocycles. The molecule has 0 aliphatic rings. The monoisotopic (exact) mass is 389 g/mol. The molecule has 0 atom stereocenters. The lowest BCUT2D eigenvalue weighted by Gasteiger charge is -2.06. The van der Waals surface area contributed by atoms with E-state index in [1.165, 1.54) is 11.3 Å². The Morgan fingerprint density at radius 1 is 1.35 bits per heavy atom. The van der Waals surface area contributed by atoms with Crippen LogP contribution in [0.15, 0.2) is 24.3 Å². The molecule has 6 nitrogen and oxygen atoms in total.